The van der Waals surface area contributed by atoms with Crippen molar-refractivity contribution in [1.82, 2.24) is 9.88 Å². The standard InChI is InChI=1S/C26H38N2O4/c1-5-26(6-2,20-10-12-23(18(4)14-20)32-17-21(30)16-29)24-13-11-22(28(24)7-3)25(31)27-15-19-8-9-19/h10-14,19,21,29-30H,5-9,15-17H2,1-4H3,(H,27,31). The number of hydrogen-bond donors (Lipinski definition) is 3. The summed E-state index contributed by atoms with van der Waals surface area (Å²) in [7, 11) is 0. The highest BCUT2D eigenvalue weighted by molar-refractivity contribution is 5.93. The Kier molecular flexibility index (Phi) is 8.01. The summed E-state index contributed by atoms with van der Waals surface area (Å²) >= 11 is 0. The molecule has 1 aromatic carbocycles. The number of ether oxygens (including phenoxy) is 1. The lowest BCUT2D eigenvalue weighted by Crippen LogP contribution is -2.32. The van der Waals surface area contributed by atoms with Crippen LogP contribution in [0.4, 0.5) is 0 Å². The third-order valence-corrected chi connectivity index (χ3v) is 6.84. The van der Waals surface area contributed by atoms with Gasteiger partial charge in [-0.15, -0.1) is 0 Å². The SMILES string of the molecule is CCn1c(C(=O)NCC2CC2)ccc1C(CC)(CC)c1ccc(OCC(O)CO)c(C)c1. The van der Waals surface area contributed by atoms with E-state index in [0.717, 1.165) is 42.9 Å². The van der Waals surface area contributed by atoms with Crippen LogP contribution in [0.1, 0.15) is 73.8 Å². The van der Waals surface area contributed by atoms with Crippen LogP contribution in [0, 0.1) is 12.8 Å². The van der Waals surface area contributed by atoms with Crippen molar-refractivity contribution < 1.29 is 19.7 Å². The van der Waals surface area contributed by atoms with E-state index in [1.165, 1.54) is 18.4 Å². The van der Waals surface area contributed by atoms with Gasteiger partial charge in [0.1, 0.15) is 24.2 Å². The number of nitrogens with zero attached hydrogens (tertiary/aromatic N) is 1. The second-order valence-electron chi connectivity index (χ2n) is 8.92. The number of carbonyl (C=O) groups is 1. The number of aliphatic hydroxyl groups is 2. The largest absolute Gasteiger partial charge is 0.491 e. The molecule has 6 nitrogen and oxygen atoms in total. The predicted molar refractivity (Wildman–Crippen MR) is 126 cm³/mol. The van der Waals surface area contributed by atoms with E-state index in [1.807, 2.05) is 19.1 Å². The summed E-state index contributed by atoms with van der Waals surface area (Å²) in [6, 6.07) is 10.2. The second-order valence-corrected chi connectivity index (χ2v) is 8.92. The molecular formula is C26H38N2O4. The Bertz CT molecular complexity index is 913. The summed E-state index contributed by atoms with van der Waals surface area (Å²) in [4.78, 5) is 12.9. The van der Waals surface area contributed by atoms with E-state index in [-0.39, 0.29) is 24.5 Å². The molecule has 1 heterocycles. The molecule has 0 aliphatic heterocycles. The number of benzene rings is 1. The van der Waals surface area contributed by atoms with E-state index >= 15 is 0 Å². The van der Waals surface area contributed by atoms with Gasteiger partial charge in [-0.1, -0.05) is 26.0 Å². The number of rotatable bonds is 12. The Morgan fingerprint density at radius 2 is 1.94 bits per heavy atom. The number of nitrogens with one attached hydrogen (secondary N) is 1. The van der Waals surface area contributed by atoms with Gasteiger partial charge in [-0.2, -0.15) is 0 Å². The smallest absolute Gasteiger partial charge is 0.267 e. The van der Waals surface area contributed by atoms with Gasteiger partial charge in [0.15, 0.2) is 0 Å². The molecule has 1 fully saturated rings. The van der Waals surface area contributed by atoms with Gasteiger partial charge in [-0.25, -0.2) is 0 Å². The van der Waals surface area contributed by atoms with Crippen LogP contribution < -0.4 is 10.1 Å². The van der Waals surface area contributed by atoms with Crippen molar-refractivity contribution in [3.63, 3.8) is 0 Å². The average molecular weight is 443 g/mol. The normalized spacial score (nSPS) is 14.9. The number of aromatic nitrogens is 1. The first-order valence-corrected chi connectivity index (χ1v) is 11.9. The molecule has 6 heteroatoms. The van der Waals surface area contributed by atoms with Crippen molar-refractivity contribution in [2.24, 2.45) is 5.92 Å². The molecule has 0 bridgehead atoms. The number of aliphatic hydroxyl groups excluding tert-OH is 2. The van der Waals surface area contributed by atoms with Crippen molar-refractivity contribution in [3.8, 4) is 5.75 Å². The third kappa shape index (κ3) is 5.02. The van der Waals surface area contributed by atoms with E-state index in [0.29, 0.717) is 11.7 Å². The molecule has 0 saturated heterocycles. The maximum Gasteiger partial charge on any atom is 0.267 e. The van der Waals surface area contributed by atoms with Gasteiger partial charge < -0.3 is 24.8 Å². The minimum Gasteiger partial charge on any atom is -0.491 e. The third-order valence-electron chi connectivity index (χ3n) is 6.84. The van der Waals surface area contributed by atoms with Crippen LogP contribution in [0.2, 0.25) is 0 Å². The van der Waals surface area contributed by atoms with Gasteiger partial charge in [0, 0.05) is 24.2 Å². The van der Waals surface area contributed by atoms with Crippen molar-refractivity contribution in [2.45, 2.75) is 71.4 Å². The fourth-order valence-electron chi connectivity index (χ4n) is 4.59. The van der Waals surface area contributed by atoms with Gasteiger partial charge in [0.2, 0.25) is 0 Å². The molecule has 1 aromatic heterocycles. The van der Waals surface area contributed by atoms with E-state index in [1.54, 1.807) is 0 Å². The van der Waals surface area contributed by atoms with E-state index in [4.69, 9.17) is 9.84 Å². The first-order chi connectivity index (χ1) is 15.4. The lowest BCUT2D eigenvalue weighted by molar-refractivity contribution is 0.0534. The monoisotopic (exact) mass is 442 g/mol. The molecule has 1 aliphatic carbocycles. The molecule has 0 spiro atoms. The van der Waals surface area contributed by atoms with Crippen LogP contribution in [-0.4, -0.2) is 46.5 Å². The van der Waals surface area contributed by atoms with Gasteiger partial charge in [0.25, 0.3) is 5.91 Å². The van der Waals surface area contributed by atoms with E-state index in [2.05, 4.69) is 48.9 Å². The molecule has 1 atom stereocenters. The molecular weight excluding hydrogens is 404 g/mol. The summed E-state index contributed by atoms with van der Waals surface area (Å²) < 4.78 is 7.85. The molecule has 3 rings (SSSR count). The zero-order valence-electron chi connectivity index (χ0n) is 19.9. The molecule has 1 aliphatic rings. The topological polar surface area (TPSA) is 83.7 Å². The van der Waals surface area contributed by atoms with Crippen LogP contribution in [0.25, 0.3) is 0 Å². The highest BCUT2D eigenvalue weighted by atomic mass is 16.5. The molecule has 1 saturated carbocycles. The molecule has 32 heavy (non-hydrogen) atoms. The number of hydrogen-bond acceptors (Lipinski definition) is 4. The molecule has 1 unspecified atom stereocenters. The predicted octanol–water partition coefficient (Wildman–Crippen LogP) is 3.79. The highest BCUT2D eigenvalue weighted by Gasteiger charge is 2.35. The van der Waals surface area contributed by atoms with Crippen LogP contribution in [0.5, 0.6) is 5.75 Å². The van der Waals surface area contributed by atoms with Crippen LogP contribution in [-0.2, 0) is 12.0 Å². The summed E-state index contributed by atoms with van der Waals surface area (Å²) in [6.07, 6.45) is 3.34. The van der Waals surface area contributed by atoms with Crippen molar-refractivity contribution in [1.29, 1.82) is 0 Å². The molecule has 3 N–H and O–H groups in total. The Morgan fingerprint density at radius 3 is 2.50 bits per heavy atom. The minimum absolute atomic E-state index is 0.00785. The van der Waals surface area contributed by atoms with Crippen LogP contribution in [0.3, 0.4) is 0 Å². The fourth-order valence-corrected chi connectivity index (χ4v) is 4.59. The first kappa shape index (κ1) is 24.3. The molecule has 2 aromatic rings. The summed E-state index contributed by atoms with van der Waals surface area (Å²) in [6.45, 7) is 9.71. The maximum atomic E-state index is 12.9. The maximum absolute atomic E-state index is 12.9. The summed E-state index contributed by atoms with van der Waals surface area (Å²) in [5.74, 6) is 1.36. The Labute approximate surface area is 191 Å². The van der Waals surface area contributed by atoms with Gasteiger partial charge in [-0.05, 0) is 74.8 Å². The number of amides is 1. The van der Waals surface area contributed by atoms with E-state index in [9.17, 15) is 9.90 Å². The average Bonchev–Trinajstić information content (AvgIpc) is 3.54. The van der Waals surface area contributed by atoms with Gasteiger partial charge in [0.05, 0.1) is 6.61 Å². The van der Waals surface area contributed by atoms with Crippen LogP contribution in [0.15, 0.2) is 30.3 Å². The lowest BCUT2D eigenvalue weighted by Gasteiger charge is -2.34. The lowest BCUT2D eigenvalue weighted by atomic mass is 9.72. The Balaban J connectivity index is 1.92. The minimum atomic E-state index is -0.892. The zero-order chi connectivity index (χ0) is 23.3. The van der Waals surface area contributed by atoms with Crippen LogP contribution >= 0.6 is 0 Å². The first-order valence-electron chi connectivity index (χ1n) is 11.9. The van der Waals surface area contributed by atoms with Gasteiger partial charge >= 0.3 is 0 Å². The quantitative estimate of drug-likeness (QED) is 0.467. The van der Waals surface area contributed by atoms with Crippen molar-refractivity contribution in [3.05, 3.63) is 52.8 Å². The van der Waals surface area contributed by atoms with Gasteiger partial charge in [-0.3, -0.25) is 4.79 Å². The highest BCUT2D eigenvalue weighted by Crippen LogP contribution is 2.41. The molecule has 0 radical (unpaired) electrons. The summed E-state index contributed by atoms with van der Waals surface area (Å²) in [5, 5.41) is 21.7. The molecule has 1 amide bonds. The van der Waals surface area contributed by atoms with E-state index < -0.39 is 6.10 Å². The Morgan fingerprint density at radius 1 is 1.22 bits per heavy atom. The molecule has 176 valence electrons. The zero-order valence-corrected chi connectivity index (χ0v) is 19.9. The second kappa shape index (κ2) is 10.5. The Hall–Kier alpha value is -2.31. The van der Waals surface area contributed by atoms with Crippen molar-refractivity contribution in [2.75, 3.05) is 19.8 Å². The number of aryl methyl sites for hydroxylation is 1. The summed E-state index contributed by atoms with van der Waals surface area (Å²) in [5.41, 5.74) is 3.83. The number of carbonyl (C=O) groups excluding carboxylic acids is 1. The fraction of sp³-hybridized carbons (Fsp3) is 0.577. The van der Waals surface area contributed by atoms with Crippen molar-refractivity contribution >= 4 is 5.91 Å².